The van der Waals surface area contributed by atoms with Crippen LogP contribution in [0.4, 0.5) is 4.39 Å². The lowest BCUT2D eigenvalue weighted by atomic mass is 10.1. The van der Waals surface area contributed by atoms with E-state index in [0.29, 0.717) is 12.8 Å². The summed E-state index contributed by atoms with van der Waals surface area (Å²) in [5, 5.41) is 17.7. The van der Waals surface area contributed by atoms with Gasteiger partial charge in [0, 0.05) is 12.0 Å². The average molecular weight is 311 g/mol. The summed E-state index contributed by atoms with van der Waals surface area (Å²) >= 11 is 0. The van der Waals surface area contributed by atoms with E-state index in [1.807, 2.05) is 6.07 Å². The van der Waals surface area contributed by atoms with Gasteiger partial charge in [0.15, 0.2) is 9.84 Å². The second-order valence-corrected chi connectivity index (χ2v) is 7.44. The molecule has 21 heavy (non-hydrogen) atoms. The molecule has 7 heteroatoms. The van der Waals surface area contributed by atoms with Crippen molar-refractivity contribution >= 4 is 15.8 Å². The first-order valence-electron chi connectivity index (χ1n) is 6.34. The molecular formula is C14H14FNO4S. The van der Waals surface area contributed by atoms with E-state index in [1.165, 1.54) is 6.92 Å². The molecule has 0 unspecified atom stereocenters. The van der Waals surface area contributed by atoms with E-state index in [9.17, 15) is 17.6 Å². The molecule has 0 radical (unpaired) electrons. The first kappa shape index (κ1) is 15.4. The molecule has 1 aromatic rings. The Labute approximate surface area is 121 Å². The molecule has 0 amide bonds. The van der Waals surface area contributed by atoms with Crippen LogP contribution in [0.3, 0.4) is 0 Å². The maximum atomic E-state index is 13.7. The van der Waals surface area contributed by atoms with Crippen molar-refractivity contribution in [2.75, 3.05) is 5.75 Å². The van der Waals surface area contributed by atoms with Crippen LogP contribution in [0.25, 0.3) is 0 Å². The lowest BCUT2D eigenvalue weighted by molar-refractivity contribution is 0.0696. The molecule has 0 aromatic heterocycles. The minimum absolute atomic E-state index is 0.0900. The Kier molecular flexibility index (Phi) is 3.76. The third-order valence-corrected chi connectivity index (χ3v) is 5.87. The fraction of sp³-hybridized carbons (Fsp3) is 0.429. The minimum Gasteiger partial charge on any atom is -0.478 e. The molecular weight excluding hydrogens is 297 g/mol. The number of carboxylic acid groups (broad SMARTS) is 1. The van der Waals surface area contributed by atoms with Crippen molar-refractivity contribution in [1.29, 1.82) is 5.26 Å². The highest BCUT2D eigenvalue weighted by molar-refractivity contribution is 7.91. The van der Waals surface area contributed by atoms with Crippen LogP contribution in [0, 0.1) is 29.5 Å². The van der Waals surface area contributed by atoms with Gasteiger partial charge in [-0.05, 0) is 37.3 Å². The van der Waals surface area contributed by atoms with Crippen molar-refractivity contribution in [2.24, 2.45) is 5.41 Å². The van der Waals surface area contributed by atoms with Gasteiger partial charge in [-0.2, -0.15) is 5.26 Å². The van der Waals surface area contributed by atoms with Crippen molar-refractivity contribution < 1.29 is 22.7 Å². The first-order chi connectivity index (χ1) is 9.71. The van der Waals surface area contributed by atoms with Gasteiger partial charge in [0.05, 0.1) is 22.3 Å². The third kappa shape index (κ3) is 3.05. The minimum atomic E-state index is -3.84. The molecule has 1 fully saturated rings. The fourth-order valence-electron chi connectivity index (χ4n) is 2.30. The number of nitrogens with zero attached hydrogens (tertiary/aromatic N) is 1. The van der Waals surface area contributed by atoms with Crippen molar-refractivity contribution in [3.8, 4) is 6.07 Å². The molecule has 5 nitrogen and oxygen atoms in total. The van der Waals surface area contributed by atoms with Gasteiger partial charge in [-0.15, -0.1) is 0 Å². The molecule has 0 spiro atoms. The van der Waals surface area contributed by atoms with Crippen LogP contribution < -0.4 is 0 Å². The van der Waals surface area contributed by atoms with E-state index in [-0.39, 0.29) is 22.6 Å². The topological polar surface area (TPSA) is 95.2 Å². The monoisotopic (exact) mass is 311 g/mol. The maximum Gasteiger partial charge on any atom is 0.335 e. The summed E-state index contributed by atoms with van der Waals surface area (Å²) in [7, 11) is -3.84. The van der Waals surface area contributed by atoms with Gasteiger partial charge in [-0.25, -0.2) is 17.6 Å². The van der Waals surface area contributed by atoms with Crippen LogP contribution in [0.15, 0.2) is 17.0 Å². The van der Waals surface area contributed by atoms with Crippen LogP contribution in [-0.4, -0.2) is 25.2 Å². The van der Waals surface area contributed by atoms with Gasteiger partial charge < -0.3 is 5.11 Å². The molecule has 112 valence electrons. The van der Waals surface area contributed by atoms with Crippen molar-refractivity contribution in [2.45, 2.75) is 31.1 Å². The molecule has 0 bridgehead atoms. The van der Waals surface area contributed by atoms with E-state index < -0.39 is 32.6 Å². The number of halogens is 1. The number of carboxylic acids is 1. The summed E-state index contributed by atoms with van der Waals surface area (Å²) in [5.41, 5.74) is -1.05. The quantitative estimate of drug-likeness (QED) is 0.900. The van der Waals surface area contributed by atoms with Crippen LogP contribution in [0.1, 0.15) is 35.2 Å². The van der Waals surface area contributed by atoms with Gasteiger partial charge >= 0.3 is 5.97 Å². The van der Waals surface area contributed by atoms with Gasteiger partial charge in [0.1, 0.15) is 5.82 Å². The Morgan fingerprint density at radius 3 is 2.57 bits per heavy atom. The van der Waals surface area contributed by atoms with Gasteiger partial charge in [0.2, 0.25) is 0 Å². The Balaban J connectivity index is 2.45. The van der Waals surface area contributed by atoms with Crippen LogP contribution in [0.5, 0.6) is 0 Å². The van der Waals surface area contributed by atoms with Gasteiger partial charge in [0.25, 0.3) is 0 Å². The summed E-state index contributed by atoms with van der Waals surface area (Å²) in [6.45, 7) is 1.30. The summed E-state index contributed by atoms with van der Waals surface area (Å²) in [5.74, 6) is -2.50. The van der Waals surface area contributed by atoms with Crippen molar-refractivity contribution in [3.63, 3.8) is 0 Å². The van der Waals surface area contributed by atoms with E-state index >= 15 is 0 Å². The van der Waals surface area contributed by atoms with E-state index in [1.54, 1.807) is 0 Å². The lowest BCUT2D eigenvalue weighted by Gasteiger charge is -2.14. The smallest absolute Gasteiger partial charge is 0.335 e. The summed E-state index contributed by atoms with van der Waals surface area (Å²) in [6.07, 6.45) is 1.41. The highest BCUT2D eigenvalue weighted by atomic mass is 32.2. The van der Waals surface area contributed by atoms with Crippen LogP contribution in [0.2, 0.25) is 0 Å². The highest BCUT2D eigenvalue weighted by Crippen LogP contribution is 2.50. The Morgan fingerprint density at radius 2 is 2.10 bits per heavy atom. The van der Waals surface area contributed by atoms with Crippen molar-refractivity contribution in [3.05, 3.63) is 29.1 Å². The predicted molar refractivity (Wildman–Crippen MR) is 72.0 cm³/mol. The number of sulfone groups is 1. The third-order valence-electron chi connectivity index (χ3n) is 3.79. The zero-order chi connectivity index (χ0) is 15.8. The number of carbonyl (C=O) groups is 1. The molecule has 2 rings (SSSR count). The predicted octanol–water partition coefficient (Wildman–Crippen LogP) is 2.30. The second kappa shape index (κ2) is 5.11. The fourth-order valence-corrected chi connectivity index (χ4v) is 4.52. The zero-order valence-electron chi connectivity index (χ0n) is 11.4. The number of aromatic carboxylic acids is 1. The molecule has 1 aromatic carbocycles. The number of rotatable bonds is 5. The molecule has 1 N–H and O–H groups in total. The van der Waals surface area contributed by atoms with E-state index in [2.05, 4.69) is 0 Å². The zero-order valence-corrected chi connectivity index (χ0v) is 12.2. The van der Waals surface area contributed by atoms with Gasteiger partial charge in [-0.1, -0.05) is 0 Å². The molecule has 1 aliphatic rings. The number of hydrogen-bond donors (Lipinski definition) is 1. The van der Waals surface area contributed by atoms with E-state index in [0.717, 1.165) is 12.1 Å². The second-order valence-electron chi connectivity index (χ2n) is 5.48. The number of benzene rings is 1. The largest absolute Gasteiger partial charge is 0.478 e. The normalized spacial score (nSPS) is 16.2. The summed E-state index contributed by atoms with van der Waals surface area (Å²) < 4.78 is 38.6. The summed E-state index contributed by atoms with van der Waals surface area (Å²) in [4.78, 5) is 10.6. The maximum absolute atomic E-state index is 13.7. The molecule has 0 saturated heterocycles. The highest BCUT2D eigenvalue weighted by Gasteiger charge is 2.46. The molecule has 1 saturated carbocycles. The molecule has 0 atom stereocenters. The van der Waals surface area contributed by atoms with Crippen LogP contribution in [-0.2, 0) is 9.84 Å². The Hall–Kier alpha value is -1.94. The Bertz CT molecular complexity index is 745. The summed E-state index contributed by atoms with van der Waals surface area (Å²) in [6, 6.07) is 3.76. The molecule has 0 aliphatic heterocycles. The average Bonchev–Trinajstić information content (AvgIpc) is 3.11. The molecule has 1 aliphatic carbocycles. The lowest BCUT2D eigenvalue weighted by Crippen LogP contribution is -2.19. The first-order valence-corrected chi connectivity index (χ1v) is 7.99. The standard InChI is InChI=1S/C14H14FNO4S/c1-9-11(15)6-10(13(17)18)7-12(9)21(19,20)8-14(2-3-14)4-5-16/h6-7H,2-4,8H2,1H3,(H,17,18). The molecule has 0 heterocycles. The van der Waals surface area contributed by atoms with E-state index in [4.69, 9.17) is 10.4 Å². The van der Waals surface area contributed by atoms with Gasteiger partial charge in [-0.3, -0.25) is 0 Å². The number of nitriles is 1. The van der Waals surface area contributed by atoms with Crippen LogP contribution >= 0.6 is 0 Å². The number of hydrogen-bond acceptors (Lipinski definition) is 4. The SMILES string of the molecule is Cc1c(F)cc(C(=O)O)cc1S(=O)(=O)CC1(CC#N)CC1. The Morgan fingerprint density at radius 1 is 1.48 bits per heavy atom. The van der Waals surface area contributed by atoms with Crippen molar-refractivity contribution in [1.82, 2.24) is 0 Å².